The van der Waals surface area contributed by atoms with Crippen molar-refractivity contribution in [1.29, 1.82) is 0 Å². The van der Waals surface area contributed by atoms with Crippen molar-refractivity contribution >= 4 is 55.1 Å². The minimum absolute atomic E-state index is 0.0213. The molecule has 1 heterocycles. The van der Waals surface area contributed by atoms with Crippen molar-refractivity contribution in [2.24, 2.45) is 0 Å². The van der Waals surface area contributed by atoms with E-state index in [1.165, 1.54) is 23.9 Å². The van der Waals surface area contributed by atoms with Crippen LogP contribution in [0.15, 0.2) is 75.2 Å². The number of aromatic nitrogens is 1. The van der Waals surface area contributed by atoms with Crippen molar-refractivity contribution in [3.8, 4) is 0 Å². The van der Waals surface area contributed by atoms with Gasteiger partial charge in [-0.25, -0.2) is 13.4 Å². The Morgan fingerprint density at radius 1 is 1.06 bits per heavy atom. The van der Waals surface area contributed by atoms with Crippen LogP contribution in [0, 0.1) is 0 Å². The molecular weight excluding hydrogens is 432 g/mol. The molecule has 0 aliphatic heterocycles. The number of fused-ring (bicyclic) bond motifs is 2. The Morgan fingerprint density at radius 2 is 1.84 bits per heavy atom. The average molecular weight is 455 g/mol. The van der Waals surface area contributed by atoms with Gasteiger partial charge < -0.3 is 9.32 Å². The number of thioether (sulfide) groups is 1. The lowest BCUT2D eigenvalue weighted by Crippen LogP contribution is -2.32. The molecule has 0 bridgehead atoms. The van der Waals surface area contributed by atoms with Crippen LogP contribution in [0.4, 0.5) is 5.69 Å². The first kappa shape index (κ1) is 21.4. The highest BCUT2D eigenvalue weighted by Gasteiger charge is 2.19. The lowest BCUT2D eigenvalue weighted by Gasteiger charge is -2.22. The van der Waals surface area contributed by atoms with E-state index in [4.69, 9.17) is 4.42 Å². The summed E-state index contributed by atoms with van der Waals surface area (Å²) in [5.41, 5.74) is 1.83. The van der Waals surface area contributed by atoms with E-state index in [1.807, 2.05) is 49.4 Å². The normalized spacial score (nSPS) is 11.8. The fraction of sp³-hybridized carbons (Fsp3) is 0.217. The number of benzene rings is 3. The van der Waals surface area contributed by atoms with Crippen molar-refractivity contribution < 1.29 is 17.6 Å². The maximum atomic E-state index is 13.0. The molecule has 1 aromatic heterocycles. The van der Waals surface area contributed by atoms with Gasteiger partial charge in [-0.2, -0.15) is 0 Å². The number of rotatable bonds is 7. The third kappa shape index (κ3) is 4.31. The van der Waals surface area contributed by atoms with Crippen molar-refractivity contribution in [2.75, 3.05) is 23.0 Å². The molecule has 0 fully saturated rings. The molecule has 0 aliphatic carbocycles. The Kier molecular flexibility index (Phi) is 6.02. The summed E-state index contributed by atoms with van der Waals surface area (Å²) in [5, 5.41) is 2.44. The number of nitrogens with zero attached hydrogens (tertiary/aromatic N) is 2. The third-order valence-corrected chi connectivity index (χ3v) is 7.62. The van der Waals surface area contributed by atoms with E-state index < -0.39 is 9.84 Å². The van der Waals surface area contributed by atoms with Crippen molar-refractivity contribution in [1.82, 2.24) is 4.98 Å². The highest BCUT2D eigenvalue weighted by molar-refractivity contribution is 7.99. The predicted molar refractivity (Wildman–Crippen MR) is 124 cm³/mol. The molecule has 31 heavy (non-hydrogen) atoms. The van der Waals surface area contributed by atoms with E-state index >= 15 is 0 Å². The van der Waals surface area contributed by atoms with E-state index in [9.17, 15) is 13.2 Å². The molecule has 8 heteroatoms. The molecule has 0 aliphatic rings. The maximum absolute atomic E-state index is 13.0. The molecule has 4 rings (SSSR count). The zero-order valence-corrected chi connectivity index (χ0v) is 18.9. The monoisotopic (exact) mass is 454 g/mol. The third-order valence-electron chi connectivity index (χ3n) is 5.07. The maximum Gasteiger partial charge on any atom is 0.257 e. The fourth-order valence-corrected chi connectivity index (χ4v) is 5.05. The Morgan fingerprint density at radius 3 is 2.61 bits per heavy atom. The number of sulfone groups is 1. The quantitative estimate of drug-likeness (QED) is 0.369. The van der Waals surface area contributed by atoms with Crippen LogP contribution < -0.4 is 4.90 Å². The van der Waals surface area contributed by atoms with E-state index in [1.54, 1.807) is 17.9 Å². The van der Waals surface area contributed by atoms with Crippen LogP contribution in [-0.2, 0) is 14.6 Å². The van der Waals surface area contributed by atoms with Gasteiger partial charge in [0.2, 0.25) is 5.91 Å². The molecule has 0 spiro atoms. The molecule has 0 N–H and O–H groups in total. The number of carbonyl (C=O) groups excluding carboxylic acids is 1. The first-order chi connectivity index (χ1) is 14.9. The van der Waals surface area contributed by atoms with Crippen LogP contribution in [0.1, 0.15) is 13.8 Å². The molecule has 0 atom stereocenters. The van der Waals surface area contributed by atoms with Gasteiger partial charge in [0.05, 0.1) is 22.1 Å². The summed E-state index contributed by atoms with van der Waals surface area (Å²) in [4.78, 5) is 19.3. The van der Waals surface area contributed by atoms with Gasteiger partial charge in [-0.3, -0.25) is 4.79 Å². The minimum Gasteiger partial charge on any atom is -0.431 e. The molecule has 160 valence electrons. The number of amides is 1. The van der Waals surface area contributed by atoms with Gasteiger partial charge in [0.25, 0.3) is 5.22 Å². The second-order valence-corrected chi connectivity index (χ2v) is 10.1. The van der Waals surface area contributed by atoms with Gasteiger partial charge in [-0.05, 0) is 36.6 Å². The van der Waals surface area contributed by atoms with Crippen LogP contribution in [0.25, 0.3) is 21.9 Å². The minimum atomic E-state index is -3.32. The average Bonchev–Trinajstić information content (AvgIpc) is 3.20. The van der Waals surface area contributed by atoms with E-state index in [-0.39, 0.29) is 22.3 Å². The number of oxazole rings is 1. The lowest BCUT2D eigenvalue weighted by atomic mass is 10.1. The lowest BCUT2D eigenvalue weighted by molar-refractivity contribution is -0.116. The van der Waals surface area contributed by atoms with Crippen LogP contribution in [-0.4, -0.2) is 37.4 Å². The summed E-state index contributed by atoms with van der Waals surface area (Å²) in [6, 6.07) is 18.5. The Labute approximate surface area is 185 Å². The smallest absolute Gasteiger partial charge is 0.257 e. The van der Waals surface area contributed by atoms with Crippen LogP contribution in [0.5, 0.6) is 0 Å². The van der Waals surface area contributed by atoms with Crippen LogP contribution in [0.2, 0.25) is 0 Å². The summed E-state index contributed by atoms with van der Waals surface area (Å²) in [6.07, 6.45) is 0. The molecule has 4 aromatic rings. The summed E-state index contributed by atoms with van der Waals surface area (Å²) in [6.45, 7) is 4.09. The largest absolute Gasteiger partial charge is 0.431 e. The van der Waals surface area contributed by atoms with Crippen LogP contribution >= 0.6 is 11.8 Å². The molecule has 6 nitrogen and oxygen atoms in total. The van der Waals surface area contributed by atoms with Gasteiger partial charge >= 0.3 is 0 Å². The molecule has 1 amide bonds. The summed E-state index contributed by atoms with van der Waals surface area (Å²) >= 11 is 1.20. The Hall–Kier alpha value is -2.84. The number of hydrogen-bond acceptors (Lipinski definition) is 6. The molecule has 0 unspecified atom stereocenters. The first-order valence-corrected chi connectivity index (χ1v) is 12.6. The highest BCUT2D eigenvalue weighted by Crippen LogP contribution is 2.29. The Balaban J connectivity index is 1.54. The van der Waals surface area contributed by atoms with Gasteiger partial charge in [0.15, 0.2) is 15.4 Å². The van der Waals surface area contributed by atoms with E-state index in [2.05, 4.69) is 4.98 Å². The molecular formula is C23H22N2O4S2. The van der Waals surface area contributed by atoms with Gasteiger partial charge in [-0.15, -0.1) is 0 Å². The predicted octanol–water partition coefficient (Wildman–Crippen LogP) is 4.92. The number of hydrogen-bond donors (Lipinski definition) is 0. The molecule has 0 saturated carbocycles. The summed E-state index contributed by atoms with van der Waals surface area (Å²) < 4.78 is 29.9. The molecule has 3 aromatic carbocycles. The Bertz CT molecular complexity index is 1360. The fourth-order valence-electron chi connectivity index (χ4n) is 3.43. The van der Waals surface area contributed by atoms with Crippen LogP contribution in [0.3, 0.4) is 0 Å². The first-order valence-electron chi connectivity index (χ1n) is 9.97. The number of carbonyl (C=O) groups is 1. The highest BCUT2D eigenvalue weighted by atomic mass is 32.2. The topological polar surface area (TPSA) is 80.5 Å². The SMILES string of the molecule is CCN(C(=O)CSc1nc2cc(S(=O)(=O)CC)ccc2o1)c1cccc2ccccc12. The van der Waals surface area contributed by atoms with Gasteiger partial charge in [-0.1, -0.05) is 55.1 Å². The standard InChI is InChI=1S/C23H22N2O4S2/c1-3-25(20-11-7-9-16-8-5-6-10-18(16)20)22(26)15-30-23-24-19-14-17(31(27,28)4-2)12-13-21(19)29-23/h5-14H,3-4,15H2,1-2H3. The van der Waals surface area contributed by atoms with Gasteiger partial charge in [0, 0.05) is 11.9 Å². The second-order valence-electron chi connectivity index (χ2n) is 6.94. The number of anilines is 1. The zero-order valence-electron chi connectivity index (χ0n) is 17.2. The van der Waals surface area contributed by atoms with E-state index in [0.717, 1.165) is 16.5 Å². The summed E-state index contributed by atoms with van der Waals surface area (Å²) in [7, 11) is -3.32. The van der Waals surface area contributed by atoms with Crippen molar-refractivity contribution in [3.63, 3.8) is 0 Å². The molecule has 0 saturated heterocycles. The summed E-state index contributed by atoms with van der Waals surface area (Å²) in [5.74, 6) is 0.123. The zero-order chi connectivity index (χ0) is 22.0. The van der Waals surface area contributed by atoms with Gasteiger partial charge in [0.1, 0.15) is 5.52 Å². The second kappa shape index (κ2) is 8.72. The van der Waals surface area contributed by atoms with Crippen molar-refractivity contribution in [2.45, 2.75) is 24.0 Å². The molecule has 0 radical (unpaired) electrons. The van der Waals surface area contributed by atoms with Crippen molar-refractivity contribution in [3.05, 3.63) is 60.7 Å². The van der Waals surface area contributed by atoms with E-state index in [0.29, 0.717) is 22.9 Å².